The second-order valence-corrected chi connectivity index (χ2v) is 8.72. The summed E-state index contributed by atoms with van der Waals surface area (Å²) in [5, 5.41) is 3.86. The monoisotopic (exact) mass is 500 g/mol. The molecular formula is C25H27F3N6O2. The number of carbonyl (C=O) groups is 1. The van der Waals surface area contributed by atoms with Gasteiger partial charge in [-0.25, -0.2) is 15.0 Å². The highest BCUT2D eigenvalue weighted by Crippen LogP contribution is 2.34. The van der Waals surface area contributed by atoms with Crippen LogP contribution in [-0.2, 0) is 15.7 Å². The zero-order valence-electron chi connectivity index (χ0n) is 20.2. The van der Waals surface area contributed by atoms with Gasteiger partial charge >= 0.3 is 6.18 Å². The number of ether oxygens (including phenoxy) is 1. The summed E-state index contributed by atoms with van der Waals surface area (Å²) in [5.74, 6) is 0.873. The molecule has 11 heteroatoms. The van der Waals surface area contributed by atoms with Crippen molar-refractivity contribution in [2.75, 3.05) is 37.9 Å². The third-order valence-electron chi connectivity index (χ3n) is 6.02. The molecule has 1 amide bonds. The van der Waals surface area contributed by atoms with Gasteiger partial charge in [0.15, 0.2) is 5.65 Å². The Labute approximate surface area is 206 Å². The molecule has 0 saturated carbocycles. The van der Waals surface area contributed by atoms with Gasteiger partial charge in [0.2, 0.25) is 5.91 Å². The number of methoxy groups -OCH3 is 1. The molecule has 3 aromatic rings. The number of aryl methyl sites for hydroxylation is 1. The van der Waals surface area contributed by atoms with E-state index in [2.05, 4.69) is 20.3 Å². The molecule has 0 saturated heterocycles. The fourth-order valence-corrected chi connectivity index (χ4v) is 4.16. The molecule has 0 radical (unpaired) electrons. The molecule has 0 aliphatic carbocycles. The van der Waals surface area contributed by atoms with Gasteiger partial charge in [0.25, 0.3) is 0 Å². The second kappa shape index (κ2) is 10.1. The van der Waals surface area contributed by atoms with Gasteiger partial charge in [-0.15, -0.1) is 0 Å². The van der Waals surface area contributed by atoms with Gasteiger partial charge in [-0.3, -0.25) is 4.79 Å². The first-order valence-corrected chi connectivity index (χ1v) is 11.4. The van der Waals surface area contributed by atoms with Crippen molar-refractivity contribution in [3.63, 3.8) is 0 Å². The predicted molar refractivity (Wildman–Crippen MR) is 131 cm³/mol. The van der Waals surface area contributed by atoms with Crippen molar-refractivity contribution in [2.24, 2.45) is 0 Å². The Hall–Kier alpha value is -3.73. The number of nitrogens with one attached hydrogen (secondary N) is 1. The molecule has 2 aromatic heterocycles. The van der Waals surface area contributed by atoms with E-state index < -0.39 is 17.8 Å². The van der Waals surface area contributed by atoms with Crippen molar-refractivity contribution in [2.45, 2.75) is 32.5 Å². The first-order valence-electron chi connectivity index (χ1n) is 11.4. The predicted octanol–water partition coefficient (Wildman–Crippen LogP) is 4.37. The summed E-state index contributed by atoms with van der Waals surface area (Å²) < 4.78 is 44.8. The molecule has 1 unspecified atom stereocenters. The van der Waals surface area contributed by atoms with Crippen LogP contribution in [0.5, 0.6) is 0 Å². The highest BCUT2D eigenvalue weighted by atomic mass is 19.4. The number of fused-ring (bicyclic) bond motifs is 1. The smallest absolute Gasteiger partial charge is 0.399 e. The number of nitrogen functional groups attached to an aromatic ring is 1. The van der Waals surface area contributed by atoms with Crippen LogP contribution in [0.1, 0.15) is 41.9 Å². The molecule has 1 aliphatic rings. The van der Waals surface area contributed by atoms with Gasteiger partial charge in [0.05, 0.1) is 17.0 Å². The van der Waals surface area contributed by atoms with Crippen LogP contribution < -0.4 is 11.1 Å². The van der Waals surface area contributed by atoms with Crippen LogP contribution in [0.15, 0.2) is 36.5 Å². The maximum absolute atomic E-state index is 13.3. The lowest BCUT2D eigenvalue weighted by atomic mass is 10.00. The molecule has 4 rings (SSSR count). The van der Waals surface area contributed by atoms with E-state index in [1.807, 2.05) is 12.1 Å². The van der Waals surface area contributed by atoms with E-state index in [1.165, 1.54) is 13.2 Å². The number of alkyl halides is 3. The standard InChI is InChI=1S/C25H27F3N6O2/c1-14(17-8-19(25(26,27)28)11-20(29)9-17)31-24-21-10-18(12-30-23(21)32-15(2)33-24)16-4-6-34(7-5-16)22(35)13-36-3/h4,8-12,14H,5-7,13,29H2,1-3H3,(H,30,31,32,33). The summed E-state index contributed by atoms with van der Waals surface area (Å²) in [6.45, 7) is 4.55. The first-order chi connectivity index (χ1) is 17.0. The minimum atomic E-state index is -4.50. The Balaban J connectivity index is 1.64. The largest absolute Gasteiger partial charge is 0.416 e. The lowest BCUT2D eigenvalue weighted by Crippen LogP contribution is -2.36. The van der Waals surface area contributed by atoms with Crippen LogP contribution in [0, 0.1) is 6.92 Å². The van der Waals surface area contributed by atoms with E-state index in [-0.39, 0.29) is 18.2 Å². The Morgan fingerprint density at radius 2 is 2.03 bits per heavy atom. The molecule has 1 atom stereocenters. The van der Waals surface area contributed by atoms with E-state index in [0.717, 1.165) is 23.3 Å². The number of aromatic nitrogens is 3. The number of hydrogen-bond acceptors (Lipinski definition) is 7. The number of carbonyl (C=O) groups excluding carboxylic acids is 1. The summed E-state index contributed by atoms with van der Waals surface area (Å²) in [4.78, 5) is 27.2. The summed E-state index contributed by atoms with van der Waals surface area (Å²) in [6.07, 6.45) is -0.138. The van der Waals surface area contributed by atoms with Crippen LogP contribution in [0.25, 0.3) is 16.6 Å². The molecule has 1 aliphatic heterocycles. The number of hydrogen-bond donors (Lipinski definition) is 2. The fraction of sp³-hybridized carbons (Fsp3) is 0.360. The average Bonchev–Trinajstić information content (AvgIpc) is 2.83. The molecular weight excluding hydrogens is 473 g/mol. The van der Waals surface area contributed by atoms with Crippen molar-refractivity contribution < 1.29 is 22.7 Å². The first kappa shape index (κ1) is 25.4. The third kappa shape index (κ3) is 5.56. The van der Waals surface area contributed by atoms with Gasteiger partial charge in [0.1, 0.15) is 18.2 Å². The zero-order valence-corrected chi connectivity index (χ0v) is 20.2. The molecule has 3 heterocycles. The van der Waals surface area contributed by atoms with E-state index in [0.29, 0.717) is 47.7 Å². The van der Waals surface area contributed by atoms with Crippen LogP contribution in [-0.4, -0.2) is 52.6 Å². The van der Waals surface area contributed by atoms with Crippen molar-refractivity contribution in [1.82, 2.24) is 19.9 Å². The lowest BCUT2D eigenvalue weighted by molar-refractivity contribution is -0.137. The molecule has 36 heavy (non-hydrogen) atoms. The van der Waals surface area contributed by atoms with Crippen molar-refractivity contribution in [3.8, 4) is 0 Å². The summed E-state index contributed by atoms with van der Waals surface area (Å²) in [7, 11) is 1.49. The Kier molecular flexibility index (Phi) is 7.11. The normalized spacial score (nSPS) is 15.1. The Morgan fingerprint density at radius 1 is 1.25 bits per heavy atom. The SMILES string of the molecule is COCC(=O)N1CC=C(c2cnc3nc(C)nc(NC(C)c4cc(N)cc(C(F)(F)F)c4)c3c2)CC1. The van der Waals surface area contributed by atoms with E-state index >= 15 is 0 Å². The van der Waals surface area contributed by atoms with Gasteiger partial charge in [-0.2, -0.15) is 13.2 Å². The van der Waals surface area contributed by atoms with Crippen molar-refractivity contribution in [3.05, 3.63) is 59.1 Å². The maximum Gasteiger partial charge on any atom is 0.416 e. The van der Waals surface area contributed by atoms with Crippen molar-refractivity contribution in [1.29, 1.82) is 0 Å². The van der Waals surface area contributed by atoms with E-state index in [9.17, 15) is 18.0 Å². The Morgan fingerprint density at radius 3 is 2.69 bits per heavy atom. The minimum absolute atomic E-state index is 0.0309. The average molecular weight is 501 g/mol. The van der Waals surface area contributed by atoms with Gasteiger partial charge in [0, 0.05) is 32.1 Å². The van der Waals surface area contributed by atoms with Crippen molar-refractivity contribution >= 4 is 34.0 Å². The molecule has 3 N–H and O–H groups in total. The molecule has 0 bridgehead atoms. The number of anilines is 2. The van der Waals surface area contributed by atoms with Gasteiger partial charge in [-0.1, -0.05) is 6.08 Å². The number of benzene rings is 1. The highest BCUT2D eigenvalue weighted by molar-refractivity contribution is 5.89. The highest BCUT2D eigenvalue weighted by Gasteiger charge is 2.31. The number of pyridine rings is 1. The van der Waals surface area contributed by atoms with Crippen LogP contribution in [0.4, 0.5) is 24.7 Å². The second-order valence-electron chi connectivity index (χ2n) is 8.72. The quantitative estimate of drug-likeness (QED) is 0.484. The summed E-state index contributed by atoms with van der Waals surface area (Å²) in [5.41, 5.74) is 7.73. The number of halogens is 3. The molecule has 190 valence electrons. The van der Waals surface area contributed by atoms with E-state index in [1.54, 1.807) is 24.9 Å². The Bertz CT molecular complexity index is 1330. The van der Waals surface area contributed by atoms with Gasteiger partial charge < -0.3 is 20.7 Å². The molecule has 0 spiro atoms. The number of amides is 1. The fourth-order valence-electron chi connectivity index (χ4n) is 4.16. The lowest BCUT2D eigenvalue weighted by Gasteiger charge is -2.26. The molecule has 0 fully saturated rings. The summed E-state index contributed by atoms with van der Waals surface area (Å²) >= 11 is 0. The maximum atomic E-state index is 13.3. The number of nitrogens with zero attached hydrogens (tertiary/aromatic N) is 4. The summed E-state index contributed by atoms with van der Waals surface area (Å²) in [6, 6.07) is 4.90. The zero-order chi connectivity index (χ0) is 26.0. The van der Waals surface area contributed by atoms with Gasteiger partial charge in [-0.05, 0) is 61.2 Å². The minimum Gasteiger partial charge on any atom is -0.399 e. The molecule has 1 aromatic carbocycles. The van der Waals surface area contributed by atoms with Crippen LogP contribution in [0.2, 0.25) is 0 Å². The topological polar surface area (TPSA) is 106 Å². The molecule has 8 nitrogen and oxygen atoms in total. The van der Waals surface area contributed by atoms with E-state index in [4.69, 9.17) is 10.5 Å². The van der Waals surface area contributed by atoms with Crippen LogP contribution >= 0.6 is 0 Å². The third-order valence-corrected chi connectivity index (χ3v) is 6.02. The number of rotatable bonds is 6. The van der Waals surface area contributed by atoms with Crippen LogP contribution in [0.3, 0.4) is 0 Å². The number of nitrogens with two attached hydrogens (primary N) is 1.